The van der Waals surface area contributed by atoms with Gasteiger partial charge in [0.2, 0.25) is 0 Å². The lowest BCUT2D eigenvalue weighted by atomic mass is 9.96. The molecule has 88 heavy (non-hydrogen) atoms. The molecule has 0 saturated carbocycles. The molecule has 0 radical (unpaired) electrons. The van der Waals surface area contributed by atoms with E-state index in [2.05, 4.69) is 54.6 Å². The summed E-state index contributed by atoms with van der Waals surface area (Å²) in [6.45, 7) is 0. The van der Waals surface area contributed by atoms with E-state index < -0.39 is 29.0 Å². The molecule has 12 aromatic rings. The van der Waals surface area contributed by atoms with Gasteiger partial charge >= 0.3 is 12.4 Å². The number of benzene rings is 10. The van der Waals surface area contributed by atoms with Crippen LogP contribution in [0.2, 0.25) is 0 Å². The van der Waals surface area contributed by atoms with Crippen LogP contribution in [0.5, 0.6) is 0 Å². The van der Waals surface area contributed by atoms with Crippen LogP contribution in [-0.2, 0) is 12.4 Å². The van der Waals surface area contributed by atoms with Crippen molar-refractivity contribution in [2.75, 3.05) is 0 Å². The largest absolute Gasteiger partial charge is 0.416 e. The SMILES string of the molecule is N#Cc1cc(C#N)cc(-c2ccc3c4ccc(-c5cc(C#N)cc(C#N)c5)cc4n(-c4cc(-c5cc(C(F)(F)F)cc(C(F)(F)F)c5)cc(-n5c6cc(-c7cc(C#N)cc(C#N)c7)ccc6c6ccc(-c7cc(C#N)cc(C#N)c7)cc65)c4C#N)c3c2)c1. The Morgan fingerprint density at radius 2 is 0.466 bits per heavy atom. The second-order valence-corrected chi connectivity index (χ2v) is 20.5. The summed E-state index contributed by atoms with van der Waals surface area (Å²) in [4.78, 5) is 0. The van der Waals surface area contributed by atoms with E-state index in [1.54, 1.807) is 130 Å². The maximum atomic E-state index is 15.0. The molecular weight excluding hydrogens is 1120 g/mol. The van der Waals surface area contributed by atoms with Gasteiger partial charge in [-0.3, -0.25) is 0 Å². The van der Waals surface area contributed by atoms with Gasteiger partial charge in [0, 0.05) is 21.5 Å². The summed E-state index contributed by atoms with van der Waals surface area (Å²) in [5.41, 5.74) is 1.74. The van der Waals surface area contributed by atoms with Gasteiger partial charge in [-0.2, -0.15) is 73.7 Å². The molecule has 0 amide bonds. The Morgan fingerprint density at radius 1 is 0.239 bits per heavy atom. The van der Waals surface area contributed by atoms with Crippen LogP contribution in [0, 0.1) is 102 Å². The number of aromatic nitrogens is 2. The average Bonchev–Trinajstić information content (AvgIpc) is 1.63. The fraction of sp³-hybridized carbons (Fsp3) is 0.0282. The van der Waals surface area contributed by atoms with E-state index in [-0.39, 0.29) is 73.1 Å². The minimum Gasteiger partial charge on any atom is -0.308 e. The molecule has 0 N–H and O–H groups in total. The van der Waals surface area contributed by atoms with Gasteiger partial charge in [-0.25, -0.2) is 0 Å². The number of halogens is 6. The van der Waals surface area contributed by atoms with Crippen LogP contribution in [0.15, 0.2) is 176 Å². The summed E-state index contributed by atoms with van der Waals surface area (Å²) in [5.74, 6) is 0. The maximum Gasteiger partial charge on any atom is 0.416 e. The summed E-state index contributed by atoms with van der Waals surface area (Å²) in [5, 5.41) is 94.5. The van der Waals surface area contributed by atoms with Gasteiger partial charge in [-0.05, 0) is 183 Å². The fourth-order valence-electron chi connectivity index (χ4n) is 11.3. The summed E-state index contributed by atoms with van der Waals surface area (Å²) in [7, 11) is 0. The molecule has 12 rings (SSSR count). The number of rotatable bonds is 7. The lowest BCUT2D eigenvalue weighted by molar-refractivity contribution is -0.143. The van der Waals surface area contributed by atoms with Crippen molar-refractivity contribution in [3.63, 3.8) is 0 Å². The number of nitriles is 9. The van der Waals surface area contributed by atoms with Gasteiger partial charge in [-0.15, -0.1) is 0 Å². The van der Waals surface area contributed by atoms with Gasteiger partial charge in [0.25, 0.3) is 0 Å². The highest BCUT2D eigenvalue weighted by molar-refractivity contribution is 6.13. The maximum absolute atomic E-state index is 15.0. The van der Waals surface area contributed by atoms with Gasteiger partial charge in [0.1, 0.15) is 11.6 Å². The number of nitrogens with zero attached hydrogens (tertiary/aromatic N) is 11. The average molecular weight is 1150 g/mol. The number of fused-ring (bicyclic) bond motifs is 6. The smallest absolute Gasteiger partial charge is 0.308 e. The Bertz CT molecular complexity index is 4780. The number of hydrogen-bond acceptors (Lipinski definition) is 9. The molecule has 2 aromatic heterocycles. The molecule has 0 aliphatic rings. The third-order valence-electron chi connectivity index (χ3n) is 15.2. The molecule has 11 nitrogen and oxygen atoms in total. The highest BCUT2D eigenvalue weighted by Crippen LogP contribution is 2.46. The zero-order valence-electron chi connectivity index (χ0n) is 44.9. The first-order chi connectivity index (χ1) is 42.4. The van der Waals surface area contributed by atoms with Crippen LogP contribution in [0.4, 0.5) is 26.3 Å². The Morgan fingerprint density at radius 3 is 0.682 bits per heavy atom. The number of alkyl halides is 6. The van der Waals surface area contributed by atoms with E-state index in [0.717, 1.165) is 0 Å². The first-order valence-electron chi connectivity index (χ1n) is 26.3. The Kier molecular flexibility index (Phi) is 13.3. The van der Waals surface area contributed by atoms with Crippen LogP contribution in [-0.4, -0.2) is 9.13 Å². The normalized spacial score (nSPS) is 11.2. The molecule has 10 aromatic carbocycles. The molecule has 0 spiro atoms. The standard InChI is InChI=1S/C71H29F6N11/c72-70(73,74)57-21-55(22-58(29-57)71(75,76)77)56-27-68(87-64-23-47(51-13-39(30-78)9-40(14-51)31-79)1-5-59(64)60-6-2-48(24-65(60)87)52-15-41(32-80)10-42(16-52)33-81)63(38-86)69(28-56)88-66-25-49(53-17-43(34-82)11-44(18-53)35-83)3-7-61(66)62-8-4-50(26-67(62)88)54-19-45(36-84)12-46(20-54)37-85/h1-29H. The third-order valence-corrected chi connectivity index (χ3v) is 15.2. The van der Waals surface area contributed by atoms with E-state index >= 15 is 26.3 Å². The second kappa shape index (κ2) is 21.2. The zero-order chi connectivity index (χ0) is 61.9. The van der Waals surface area contributed by atoms with Crippen molar-refractivity contribution < 1.29 is 26.3 Å². The Labute approximate surface area is 495 Å². The molecule has 0 aliphatic heterocycles. The lowest BCUT2D eigenvalue weighted by Crippen LogP contribution is -2.11. The predicted octanol–water partition coefficient (Wildman–Crippen LogP) is 17.1. The van der Waals surface area contributed by atoms with E-state index in [9.17, 15) is 47.4 Å². The minimum absolute atomic E-state index is 0.0110. The molecular formula is C71H29F6N11. The zero-order valence-corrected chi connectivity index (χ0v) is 44.9. The van der Waals surface area contributed by atoms with Crippen molar-refractivity contribution in [1.29, 1.82) is 47.4 Å². The van der Waals surface area contributed by atoms with Crippen molar-refractivity contribution >= 4 is 43.6 Å². The van der Waals surface area contributed by atoms with E-state index in [0.29, 0.717) is 100 Å². The first kappa shape index (κ1) is 55.3. The van der Waals surface area contributed by atoms with Crippen LogP contribution < -0.4 is 0 Å². The molecule has 2 heterocycles. The lowest BCUT2D eigenvalue weighted by Gasteiger charge is -2.20. The number of hydrogen-bond donors (Lipinski definition) is 0. The molecule has 0 atom stereocenters. The van der Waals surface area contributed by atoms with Crippen LogP contribution >= 0.6 is 0 Å². The molecule has 17 heteroatoms. The molecule has 0 saturated heterocycles. The topological polar surface area (TPSA) is 224 Å². The van der Waals surface area contributed by atoms with Crippen LogP contribution in [0.25, 0.3) is 111 Å². The van der Waals surface area contributed by atoms with Gasteiger partial charge in [0.15, 0.2) is 0 Å². The monoisotopic (exact) mass is 1150 g/mol. The van der Waals surface area contributed by atoms with Crippen molar-refractivity contribution in [2.24, 2.45) is 0 Å². The Hall–Kier alpha value is -13.2. The predicted molar refractivity (Wildman–Crippen MR) is 315 cm³/mol. The highest BCUT2D eigenvalue weighted by atomic mass is 19.4. The van der Waals surface area contributed by atoms with Crippen LogP contribution in [0.3, 0.4) is 0 Å². The van der Waals surface area contributed by atoms with Crippen LogP contribution in [0.1, 0.15) is 61.2 Å². The summed E-state index contributed by atoms with van der Waals surface area (Å²) < 4.78 is 93.3. The van der Waals surface area contributed by atoms with E-state index in [4.69, 9.17) is 0 Å². The van der Waals surface area contributed by atoms with Crippen molar-refractivity contribution in [3.05, 3.63) is 237 Å². The summed E-state index contributed by atoms with van der Waals surface area (Å²) in [6.07, 6.45) is -10.6. The molecule has 0 aliphatic carbocycles. The minimum atomic E-state index is -5.29. The van der Waals surface area contributed by atoms with Crippen molar-refractivity contribution in [1.82, 2.24) is 9.13 Å². The van der Waals surface area contributed by atoms with Gasteiger partial charge in [0.05, 0.1) is 138 Å². The first-order valence-corrected chi connectivity index (χ1v) is 26.3. The third kappa shape index (κ3) is 9.69. The highest BCUT2D eigenvalue weighted by Gasteiger charge is 2.37. The Balaban J connectivity index is 1.28. The summed E-state index contributed by atoms with van der Waals surface area (Å²) >= 11 is 0. The van der Waals surface area contributed by atoms with E-state index in [1.165, 1.54) is 36.4 Å². The van der Waals surface area contributed by atoms with Gasteiger partial charge in [-0.1, -0.05) is 48.5 Å². The van der Waals surface area contributed by atoms with E-state index in [1.807, 2.05) is 0 Å². The summed E-state index contributed by atoms with van der Waals surface area (Å²) in [6, 6.07) is 61.8. The molecule has 0 fully saturated rings. The van der Waals surface area contributed by atoms with Gasteiger partial charge < -0.3 is 9.13 Å². The molecule has 410 valence electrons. The molecule has 0 bridgehead atoms. The second-order valence-electron chi connectivity index (χ2n) is 20.5. The fourth-order valence-corrected chi connectivity index (χ4v) is 11.3. The van der Waals surface area contributed by atoms with Crippen molar-refractivity contribution in [2.45, 2.75) is 12.4 Å². The molecule has 0 unspecified atom stereocenters. The van der Waals surface area contributed by atoms with Crippen molar-refractivity contribution in [3.8, 4) is 122 Å². The quantitative estimate of drug-likeness (QED) is 0.138.